The Hall–Kier alpha value is -1.55. The predicted octanol–water partition coefficient (Wildman–Crippen LogP) is 4.03. The molecule has 0 amide bonds. The Morgan fingerprint density at radius 2 is 2.00 bits per heavy atom. The number of ether oxygens (including phenoxy) is 2. The second-order valence-corrected chi connectivity index (χ2v) is 7.06. The van der Waals surface area contributed by atoms with Crippen LogP contribution in [0.4, 0.5) is 0 Å². The van der Waals surface area contributed by atoms with Gasteiger partial charge in [-0.3, -0.25) is 0 Å². The van der Waals surface area contributed by atoms with Crippen molar-refractivity contribution in [3.05, 3.63) is 39.8 Å². The summed E-state index contributed by atoms with van der Waals surface area (Å²) in [6, 6.07) is 5.92. The maximum absolute atomic E-state index is 5.56. The Balaban J connectivity index is 0.00000392. The number of aromatic nitrogens is 1. The molecular formula is C20H31IN4O2S. The van der Waals surface area contributed by atoms with Gasteiger partial charge in [0.25, 0.3) is 0 Å². The van der Waals surface area contributed by atoms with Crippen LogP contribution in [0.1, 0.15) is 36.2 Å². The van der Waals surface area contributed by atoms with Gasteiger partial charge in [0.15, 0.2) is 17.5 Å². The average molecular weight is 518 g/mol. The largest absolute Gasteiger partial charge is 0.493 e. The lowest BCUT2D eigenvalue weighted by molar-refractivity contribution is 0.310. The fourth-order valence-corrected chi connectivity index (χ4v) is 3.37. The Morgan fingerprint density at radius 1 is 1.18 bits per heavy atom. The van der Waals surface area contributed by atoms with E-state index >= 15 is 0 Å². The molecule has 28 heavy (non-hydrogen) atoms. The second-order valence-electron chi connectivity index (χ2n) is 5.86. The number of halogens is 1. The summed E-state index contributed by atoms with van der Waals surface area (Å²) < 4.78 is 11.0. The number of guanidine groups is 1. The topological polar surface area (TPSA) is 67.8 Å². The smallest absolute Gasteiger partial charge is 0.191 e. The van der Waals surface area contributed by atoms with Gasteiger partial charge in [0, 0.05) is 30.6 Å². The van der Waals surface area contributed by atoms with Crippen LogP contribution in [-0.2, 0) is 19.4 Å². The van der Waals surface area contributed by atoms with E-state index in [9.17, 15) is 0 Å². The van der Waals surface area contributed by atoms with Crippen molar-refractivity contribution >= 4 is 41.3 Å². The average Bonchev–Trinajstić information content (AvgIpc) is 3.15. The van der Waals surface area contributed by atoms with Crippen LogP contribution in [0.5, 0.6) is 11.5 Å². The second kappa shape index (κ2) is 13.6. The van der Waals surface area contributed by atoms with Crippen LogP contribution in [-0.4, -0.2) is 37.7 Å². The lowest BCUT2D eigenvalue weighted by atomic mass is 10.2. The van der Waals surface area contributed by atoms with Crippen molar-refractivity contribution in [2.45, 2.75) is 40.2 Å². The summed E-state index contributed by atoms with van der Waals surface area (Å²) in [6.45, 7) is 8.97. The molecule has 0 bridgehead atoms. The normalized spacial score (nSPS) is 10.9. The summed E-state index contributed by atoms with van der Waals surface area (Å²) in [5, 5.41) is 7.82. The fraction of sp³-hybridized carbons (Fsp3) is 0.500. The van der Waals surface area contributed by atoms with Gasteiger partial charge in [0.2, 0.25) is 0 Å². The Labute approximate surface area is 189 Å². The van der Waals surface area contributed by atoms with Crippen LogP contribution in [0.2, 0.25) is 0 Å². The molecular weight excluding hydrogens is 487 g/mol. The van der Waals surface area contributed by atoms with Gasteiger partial charge in [-0.25, -0.2) is 9.98 Å². The third kappa shape index (κ3) is 7.83. The molecule has 0 saturated heterocycles. The molecule has 6 nitrogen and oxygen atoms in total. The summed E-state index contributed by atoms with van der Waals surface area (Å²) in [6.07, 6.45) is 3.91. The molecule has 0 fully saturated rings. The van der Waals surface area contributed by atoms with E-state index in [1.807, 2.05) is 31.3 Å². The molecule has 0 aliphatic heterocycles. The molecule has 1 aromatic heterocycles. The van der Waals surface area contributed by atoms with Crippen molar-refractivity contribution in [2.24, 2.45) is 4.99 Å². The molecule has 2 aromatic rings. The molecule has 2 rings (SSSR count). The monoisotopic (exact) mass is 518 g/mol. The summed E-state index contributed by atoms with van der Waals surface area (Å²) in [5.41, 5.74) is 1.07. The summed E-state index contributed by atoms with van der Waals surface area (Å²) in [7, 11) is 1.65. The van der Waals surface area contributed by atoms with E-state index in [2.05, 4.69) is 34.5 Å². The van der Waals surface area contributed by atoms with E-state index in [0.29, 0.717) is 13.2 Å². The first kappa shape index (κ1) is 24.5. The van der Waals surface area contributed by atoms with Crippen LogP contribution >= 0.6 is 35.3 Å². The van der Waals surface area contributed by atoms with Crippen molar-refractivity contribution in [1.82, 2.24) is 15.6 Å². The van der Waals surface area contributed by atoms with Gasteiger partial charge in [0.05, 0.1) is 25.3 Å². The maximum atomic E-state index is 5.56. The van der Waals surface area contributed by atoms with E-state index in [-0.39, 0.29) is 24.0 Å². The number of hydrogen-bond donors (Lipinski definition) is 2. The van der Waals surface area contributed by atoms with Gasteiger partial charge >= 0.3 is 0 Å². The number of hydrogen-bond acceptors (Lipinski definition) is 5. The van der Waals surface area contributed by atoms with Gasteiger partial charge in [-0.15, -0.1) is 35.3 Å². The highest BCUT2D eigenvalue weighted by Crippen LogP contribution is 2.28. The minimum absolute atomic E-state index is 0. The zero-order valence-corrected chi connectivity index (χ0v) is 20.2. The molecule has 0 radical (unpaired) electrons. The maximum Gasteiger partial charge on any atom is 0.191 e. The van der Waals surface area contributed by atoms with Crippen molar-refractivity contribution in [1.29, 1.82) is 0 Å². The zero-order valence-electron chi connectivity index (χ0n) is 17.1. The van der Waals surface area contributed by atoms with E-state index in [1.165, 1.54) is 4.88 Å². The first-order valence-corrected chi connectivity index (χ1v) is 10.3. The predicted molar refractivity (Wildman–Crippen MR) is 128 cm³/mol. The first-order valence-electron chi connectivity index (χ1n) is 9.45. The van der Waals surface area contributed by atoms with Crippen molar-refractivity contribution < 1.29 is 9.47 Å². The highest BCUT2D eigenvalue weighted by molar-refractivity contribution is 14.0. The molecule has 0 aliphatic carbocycles. The minimum atomic E-state index is 0. The number of nitrogens with one attached hydrogen (secondary N) is 2. The van der Waals surface area contributed by atoms with Crippen LogP contribution in [0.15, 0.2) is 29.4 Å². The molecule has 0 atom stereocenters. The van der Waals surface area contributed by atoms with Crippen molar-refractivity contribution in [3.8, 4) is 11.5 Å². The van der Waals surface area contributed by atoms with E-state index in [0.717, 1.165) is 54.0 Å². The fourth-order valence-electron chi connectivity index (χ4n) is 2.51. The van der Waals surface area contributed by atoms with E-state index in [4.69, 9.17) is 9.47 Å². The van der Waals surface area contributed by atoms with Gasteiger partial charge in [-0.2, -0.15) is 0 Å². The molecule has 156 valence electrons. The van der Waals surface area contributed by atoms with Gasteiger partial charge < -0.3 is 20.1 Å². The molecule has 0 saturated carbocycles. The molecule has 0 unspecified atom stereocenters. The third-order valence-corrected chi connectivity index (χ3v) is 5.07. The van der Waals surface area contributed by atoms with E-state index in [1.54, 1.807) is 18.4 Å². The summed E-state index contributed by atoms with van der Waals surface area (Å²) in [4.78, 5) is 10.5. The number of methoxy groups -OCH3 is 1. The molecule has 8 heteroatoms. The Kier molecular flexibility index (Phi) is 11.9. The van der Waals surface area contributed by atoms with Gasteiger partial charge in [0.1, 0.15) is 0 Å². The van der Waals surface area contributed by atoms with Crippen LogP contribution < -0.4 is 20.1 Å². The highest BCUT2D eigenvalue weighted by Gasteiger charge is 2.06. The lowest BCUT2D eigenvalue weighted by Gasteiger charge is -2.12. The van der Waals surface area contributed by atoms with Crippen LogP contribution in [0.3, 0.4) is 0 Å². The molecule has 1 heterocycles. The van der Waals surface area contributed by atoms with Crippen molar-refractivity contribution in [3.63, 3.8) is 0 Å². The van der Waals surface area contributed by atoms with Crippen molar-refractivity contribution in [2.75, 3.05) is 26.8 Å². The number of nitrogens with zero attached hydrogens (tertiary/aromatic N) is 2. The van der Waals surface area contributed by atoms with Gasteiger partial charge in [-0.1, -0.05) is 13.0 Å². The Morgan fingerprint density at radius 3 is 2.64 bits per heavy atom. The van der Waals surface area contributed by atoms with Gasteiger partial charge in [-0.05, 0) is 38.0 Å². The lowest BCUT2D eigenvalue weighted by Crippen LogP contribution is -2.38. The highest BCUT2D eigenvalue weighted by atomic mass is 127. The molecule has 1 aromatic carbocycles. The number of benzene rings is 1. The zero-order chi connectivity index (χ0) is 19.5. The first-order chi connectivity index (χ1) is 13.2. The molecule has 0 spiro atoms. The van der Waals surface area contributed by atoms with Crippen LogP contribution in [0, 0.1) is 0 Å². The van der Waals surface area contributed by atoms with Crippen LogP contribution in [0.25, 0.3) is 0 Å². The third-order valence-electron chi connectivity index (χ3n) is 3.87. The Bertz CT molecular complexity index is 737. The summed E-state index contributed by atoms with van der Waals surface area (Å²) in [5.74, 6) is 2.29. The summed E-state index contributed by atoms with van der Waals surface area (Å²) >= 11 is 1.78. The minimum Gasteiger partial charge on any atom is -0.493 e. The SMILES string of the molecule is CCNC(=NCc1ccc(OCC)c(OC)c1)NCCc1ncc(CC)s1.I. The number of aliphatic imine (C=N–C) groups is 1. The standard InChI is InChI=1S/C20H30N4O2S.HI/c1-5-16-14-23-19(27-16)10-11-22-20(21-6-2)24-13-15-8-9-17(26-7-3)18(12-15)25-4;/h8-9,12,14H,5-7,10-11,13H2,1-4H3,(H2,21,22,24);1H. The number of rotatable bonds is 10. The molecule has 2 N–H and O–H groups in total. The molecule has 0 aliphatic rings. The number of thiazole rings is 1. The quantitative estimate of drug-likeness (QED) is 0.283. The number of aryl methyl sites for hydroxylation is 1. The van der Waals surface area contributed by atoms with E-state index < -0.39 is 0 Å².